The second-order valence-corrected chi connectivity index (χ2v) is 10.4. The number of nitrogens with one attached hydrogen (secondary N) is 3. The molecule has 40 heavy (non-hydrogen) atoms. The van der Waals surface area contributed by atoms with Crippen LogP contribution in [-0.2, 0) is 22.6 Å². The van der Waals surface area contributed by atoms with Crippen LogP contribution in [0.25, 0.3) is 10.9 Å². The molecule has 0 aliphatic heterocycles. The fraction of sp³-hybridized carbons (Fsp3) is 0.233. The van der Waals surface area contributed by atoms with Crippen LogP contribution in [-0.4, -0.2) is 36.0 Å². The third-order valence-corrected chi connectivity index (χ3v) is 6.82. The molecule has 10 heteroatoms. The Morgan fingerprint density at radius 3 is 2.38 bits per heavy atom. The molecule has 0 unspecified atom stereocenters. The average molecular weight is 582 g/mol. The quantitative estimate of drug-likeness (QED) is 0.203. The maximum Gasteiger partial charge on any atom is 0.272 e. The molecule has 4 aromatic rings. The van der Waals surface area contributed by atoms with Crippen molar-refractivity contribution in [1.29, 1.82) is 0 Å². The second kappa shape index (κ2) is 13.0. The van der Waals surface area contributed by atoms with E-state index in [0.717, 1.165) is 16.5 Å². The molecule has 0 aliphatic carbocycles. The molecule has 0 radical (unpaired) electrons. The molecule has 0 spiro atoms. The number of ether oxygens (including phenoxy) is 1. The van der Waals surface area contributed by atoms with Gasteiger partial charge < -0.3 is 25.3 Å². The highest BCUT2D eigenvalue weighted by Crippen LogP contribution is 2.26. The fourth-order valence-corrected chi connectivity index (χ4v) is 4.56. The minimum absolute atomic E-state index is 0.0766. The first-order valence-corrected chi connectivity index (χ1v) is 13.5. The van der Waals surface area contributed by atoms with Gasteiger partial charge in [0, 0.05) is 53.4 Å². The van der Waals surface area contributed by atoms with Crippen LogP contribution in [0.15, 0.2) is 66.7 Å². The smallest absolute Gasteiger partial charge is 0.272 e. The number of halogens is 2. The van der Waals surface area contributed by atoms with Crippen LogP contribution in [0.4, 0.5) is 11.4 Å². The van der Waals surface area contributed by atoms with Gasteiger partial charge in [-0.15, -0.1) is 0 Å². The van der Waals surface area contributed by atoms with Crippen molar-refractivity contribution in [2.75, 3.05) is 24.4 Å². The van der Waals surface area contributed by atoms with Crippen LogP contribution in [0.1, 0.15) is 40.3 Å². The number of carbonyl (C=O) groups excluding carboxylic acids is 3. The summed E-state index contributed by atoms with van der Waals surface area (Å²) < 4.78 is 7.13. The van der Waals surface area contributed by atoms with Crippen molar-refractivity contribution >= 4 is 63.2 Å². The van der Waals surface area contributed by atoms with Crippen LogP contribution < -0.4 is 16.0 Å². The SMILES string of the molecule is COCCn1c(C(=O)Nc2cccc(Cl)c2)cc2cc(NC(=O)c3cc(CNC(=O)C(C)C)ccc3Cl)ccc21. The normalized spacial score (nSPS) is 11.1. The number of amides is 3. The van der Waals surface area contributed by atoms with E-state index in [0.29, 0.717) is 40.3 Å². The Hall–Kier alpha value is -3.85. The van der Waals surface area contributed by atoms with Gasteiger partial charge in [-0.3, -0.25) is 14.4 Å². The Morgan fingerprint density at radius 2 is 1.65 bits per heavy atom. The molecule has 8 nitrogen and oxygen atoms in total. The largest absolute Gasteiger partial charge is 0.383 e. The first kappa shape index (κ1) is 29.1. The molecule has 0 aliphatic rings. The van der Waals surface area contributed by atoms with Crippen LogP contribution in [0.3, 0.4) is 0 Å². The number of hydrogen-bond acceptors (Lipinski definition) is 4. The summed E-state index contributed by atoms with van der Waals surface area (Å²) in [5.41, 5.74) is 3.42. The number of fused-ring (bicyclic) bond motifs is 1. The lowest BCUT2D eigenvalue weighted by Gasteiger charge is -2.12. The molecule has 0 fully saturated rings. The molecule has 3 N–H and O–H groups in total. The Labute approximate surface area is 242 Å². The van der Waals surface area contributed by atoms with Gasteiger partial charge >= 0.3 is 0 Å². The van der Waals surface area contributed by atoms with E-state index in [1.54, 1.807) is 67.8 Å². The van der Waals surface area contributed by atoms with E-state index in [1.807, 2.05) is 24.5 Å². The van der Waals surface area contributed by atoms with Gasteiger partial charge in [-0.25, -0.2) is 0 Å². The zero-order valence-electron chi connectivity index (χ0n) is 22.4. The molecule has 1 aromatic heterocycles. The number of nitrogens with zero attached hydrogens (tertiary/aromatic N) is 1. The molecule has 0 saturated heterocycles. The van der Waals surface area contributed by atoms with Crippen LogP contribution in [0, 0.1) is 5.92 Å². The second-order valence-electron chi connectivity index (χ2n) is 9.55. The predicted octanol–water partition coefficient (Wildman–Crippen LogP) is 6.37. The van der Waals surface area contributed by atoms with Crippen LogP contribution in [0.2, 0.25) is 10.0 Å². The summed E-state index contributed by atoms with van der Waals surface area (Å²) in [7, 11) is 1.60. The van der Waals surface area contributed by atoms with Gasteiger partial charge in [0.1, 0.15) is 5.69 Å². The van der Waals surface area contributed by atoms with Crippen molar-refractivity contribution in [2.24, 2.45) is 5.92 Å². The Bertz CT molecular complexity index is 1560. The molecule has 1 heterocycles. The fourth-order valence-electron chi connectivity index (χ4n) is 4.17. The monoisotopic (exact) mass is 580 g/mol. The molecule has 4 rings (SSSR count). The van der Waals surface area contributed by atoms with Crippen molar-refractivity contribution in [2.45, 2.75) is 26.9 Å². The zero-order chi connectivity index (χ0) is 28.8. The van der Waals surface area contributed by atoms with Gasteiger partial charge in [-0.2, -0.15) is 0 Å². The summed E-state index contributed by atoms with van der Waals surface area (Å²) in [5, 5.41) is 10.2. The van der Waals surface area contributed by atoms with Crippen molar-refractivity contribution in [3.05, 3.63) is 93.6 Å². The summed E-state index contributed by atoms with van der Waals surface area (Å²) in [6, 6.07) is 19.2. The number of hydrogen-bond donors (Lipinski definition) is 3. The van der Waals surface area contributed by atoms with E-state index in [-0.39, 0.29) is 35.7 Å². The molecule has 3 amide bonds. The number of methoxy groups -OCH3 is 1. The van der Waals surface area contributed by atoms with Crippen molar-refractivity contribution < 1.29 is 19.1 Å². The molecular weight excluding hydrogens is 551 g/mol. The summed E-state index contributed by atoms with van der Waals surface area (Å²) >= 11 is 12.4. The minimum Gasteiger partial charge on any atom is -0.383 e. The van der Waals surface area contributed by atoms with Gasteiger partial charge in [-0.1, -0.05) is 49.2 Å². The van der Waals surface area contributed by atoms with E-state index < -0.39 is 0 Å². The molecular formula is C30H30Cl2N4O4. The Balaban J connectivity index is 1.57. The highest BCUT2D eigenvalue weighted by atomic mass is 35.5. The number of benzene rings is 3. The predicted molar refractivity (Wildman–Crippen MR) is 159 cm³/mol. The van der Waals surface area contributed by atoms with Crippen LogP contribution >= 0.6 is 23.2 Å². The van der Waals surface area contributed by atoms with Gasteiger partial charge in [-0.05, 0) is 60.2 Å². The Morgan fingerprint density at radius 1 is 0.900 bits per heavy atom. The first-order chi connectivity index (χ1) is 19.2. The summed E-state index contributed by atoms with van der Waals surface area (Å²) in [6.07, 6.45) is 0. The van der Waals surface area contributed by atoms with E-state index in [1.165, 1.54) is 0 Å². The lowest BCUT2D eigenvalue weighted by molar-refractivity contribution is -0.124. The van der Waals surface area contributed by atoms with Crippen molar-refractivity contribution in [1.82, 2.24) is 9.88 Å². The van der Waals surface area contributed by atoms with E-state index in [2.05, 4.69) is 16.0 Å². The first-order valence-electron chi connectivity index (χ1n) is 12.7. The number of anilines is 2. The van der Waals surface area contributed by atoms with Gasteiger partial charge in [0.25, 0.3) is 11.8 Å². The third kappa shape index (κ3) is 7.01. The van der Waals surface area contributed by atoms with E-state index in [9.17, 15) is 14.4 Å². The zero-order valence-corrected chi connectivity index (χ0v) is 23.9. The van der Waals surface area contributed by atoms with Crippen LogP contribution in [0.5, 0.6) is 0 Å². The third-order valence-electron chi connectivity index (χ3n) is 6.26. The van der Waals surface area contributed by atoms with Gasteiger partial charge in [0.15, 0.2) is 0 Å². The molecule has 0 bridgehead atoms. The molecule has 0 saturated carbocycles. The lowest BCUT2D eigenvalue weighted by atomic mass is 10.1. The highest BCUT2D eigenvalue weighted by molar-refractivity contribution is 6.34. The Kier molecular flexibility index (Phi) is 9.47. The van der Waals surface area contributed by atoms with Gasteiger partial charge in [0.2, 0.25) is 5.91 Å². The van der Waals surface area contributed by atoms with Crippen molar-refractivity contribution in [3.8, 4) is 0 Å². The maximum atomic E-state index is 13.2. The van der Waals surface area contributed by atoms with Crippen molar-refractivity contribution in [3.63, 3.8) is 0 Å². The van der Waals surface area contributed by atoms with E-state index >= 15 is 0 Å². The number of carbonyl (C=O) groups is 3. The summed E-state index contributed by atoms with van der Waals surface area (Å²) in [4.78, 5) is 38.3. The molecule has 0 atom stereocenters. The number of aromatic nitrogens is 1. The summed E-state index contributed by atoms with van der Waals surface area (Å²) in [6.45, 7) is 4.78. The lowest BCUT2D eigenvalue weighted by Crippen LogP contribution is -2.27. The minimum atomic E-state index is -0.390. The van der Waals surface area contributed by atoms with E-state index in [4.69, 9.17) is 27.9 Å². The molecule has 3 aromatic carbocycles. The standard InChI is InChI=1S/C30H30Cl2N4O4/c1-18(2)28(37)33-17-19-7-9-25(32)24(13-19)29(38)34-23-8-10-26-20(14-23)15-27(36(26)11-12-40-3)30(39)35-22-6-4-5-21(31)16-22/h4-10,13-16,18H,11-12,17H2,1-3H3,(H,33,37)(H,34,38)(H,35,39). The average Bonchev–Trinajstić information content (AvgIpc) is 3.28. The topological polar surface area (TPSA) is 101 Å². The van der Waals surface area contributed by atoms with Gasteiger partial charge in [0.05, 0.1) is 17.2 Å². The highest BCUT2D eigenvalue weighted by Gasteiger charge is 2.18. The summed E-state index contributed by atoms with van der Waals surface area (Å²) in [5.74, 6) is -0.905. The number of rotatable bonds is 10. The molecule has 208 valence electrons. The maximum absolute atomic E-state index is 13.2.